The van der Waals surface area contributed by atoms with Crippen LogP contribution in [-0.4, -0.2) is 66.1 Å². The van der Waals surface area contributed by atoms with Gasteiger partial charge in [0.05, 0.1) is 0 Å². The van der Waals surface area contributed by atoms with E-state index in [9.17, 15) is 39.9 Å². The summed E-state index contributed by atoms with van der Waals surface area (Å²) in [5.41, 5.74) is -0.801. The second-order valence-electron chi connectivity index (χ2n) is 7.13. The van der Waals surface area contributed by atoms with Gasteiger partial charge in [-0.2, -0.15) is 30.6 Å². The van der Waals surface area contributed by atoms with E-state index in [0.29, 0.717) is 23.5 Å². The van der Waals surface area contributed by atoms with Crippen LogP contribution in [0.2, 0.25) is 0 Å². The molecular weight excluding hydrogens is 512 g/mol. The third-order valence-corrected chi connectivity index (χ3v) is 8.04. The minimum atomic E-state index is -6.00. The number of halogens is 6. The highest BCUT2D eigenvalue weighted by Gasteiger charge is 2.71. The molecule has 0 saturated carbocycles. The minimum Gasteiger partial charge on any atom is -0.374 e. The fourth-order valence-corrected chi connectivity index (χ4v) is 5.75. The Balaban J connectivity index is 1.90. The van der Waals surface area contributed by atoms with E-state index < -0.39 is 39.6 Å². The Morgan fingerprint density at radius 1 is 1.09 bits per heavy atom. The van der Waals surface area contributed by atoms with Crippen LogP contribution in [0.1, 0.15) is 12.5 Å². The van der Waals surface area contributed by atoms with Crippen molar-refractivity contribution in [3.8, 4) is 11.8 Å². The molecule has 2 aromatic rings. The molecule has 0 radical (unpaired) electrons. The van der Waals surface area contributed by atoms with Gasteiger partial charge in [0.25, 0.3) is 15.6 Å². The molecule has 2 heterocycles. The summed E-state index contributed by atoms with van der Waals surface area (Å²) in [5.74, 6) is 5.42. The number of alkyl halides is 6. The number of aliphatic hydroxyl groups is 1. The second-order valence-corrected chi connectivity index (χ2v) is 10.2. The molecule has 8 nitrogen and oxygen atoms in total. The maximum absolute atomic E-state index is 13.1. The molecule has 16 heteroatoms. The van der Waals surface area contributed by atoms with Crippen molar-refractivity contribution in [2.75, 3.05) is 30.3 Å². The lowest BCUT2D eigenvalue weighted by atomic mass is 9.92. The van der Waals surface area contributed by atoms with Crippen LogP contribution in [0, 0.1) is 11.8 Å². The molecule has 1 fully saturated rings. The molecule has 186 valence electrons. The lowest BCUT2D eigenvalue weighted by molar-refractivity contribution is -0.376. The monoisotopic (exact) mass is 529 g/mol. The van der Waals surface area contributed by atoms with Crippen LogP contribution >= 0.6 is 11.3 Å². The van der Waals surface area contributed by atoms with Crippen molar-refractivity contribution in [1.29, 1.82) is 0 Å². The molecule has 1 aromatic carbocycles. The summed E-state index contributed by atoms with van der Waals surface area (Å²) in [6.07, 6.45) is -12.0. The van der Waals surface area contributed by atoms with Gasteiger partial charge in [0.1, 0.15) is 6.04 Å². The Morgan fingerprint density at radius 2 is 1.68 bits per heavy atom. The van der Waals surface area contributed by atoms with Crippen LogP contribution in [0.5, 0.6) is 0 Å². The molecule has 0 aliphatic carbocycles. The van der Waals surface area contributed by atoms with Crippen molar-refractivity contribution in [2.24, 2.45) is 0 Å². The zero-order valence-electron chi connectivity index (χ0n) is 17.2. The maximum Gasteiger partial charge on any atom is 0.430 e. The quantitative estimate of drug-likeness (QED) is 0.462. The topological polar surface area (TPSA) is 113 Å². The van der Waals surface area contributed by atoms with Gasteiger partial charge >= 0.3 is 12.4 Å². The van der Waals surface area contributed by atoms with E-state index in [-0.39, 0.29) is 34.8 Å². The summed E-state index contributed by atoms with van der Waals surface area (Å²) in [4.78, 5) is 1.54. The molecule has 1 aliphatic heterocycles. The number of nitrogens with zero attached hydrogens (tertiary/aromatic N) is 4. The minimum absolute atomic E-state index is 0.0228. The molecule has 3 rings (SSSR count). The zero-order chi connectivity index (χ0) is 25.5. The third-order valence-electron chi connectivity index (χ3n) is 5.07. The SMILES string of the molecule is CC#C[C@H]1CN(S(=O)(=O)c2nnc(N)s2)CCN1c1ccc(C(O)(C(F)(F)F)C(F)(F)F)cc1. The van der Waals surface area contributed by atoms with E-state index >= 15 is 0 Å². The molecule has 1 saturated heterocycles. The first-order valence-corrected chi connectivity index (χ1v) is 11.6. The van der Waals surface area contributed by atoms with Gasteiger partial charge in [-0.25, -0.2) is 8.42 Å². The van der Waals surface area contributed by atoms with E-state index in [4.69, 9.17) is 5.73 Å². The Bertz CT molecular complexity index is 1190. The number of nitrogens with two attached hydrogens (primary N) is 1. The van der Waals surface area contributed by atoms with E-state index in [1.54, 1.807) is 4.90 Å². The Hall–Kier alpha value is -2.61. The number of nitrogen functional groups attached to an aromatic ring is 1. The van der Waals surface area contributed by atoms with Gasteiger partial charge in [-0.05, 0) is 19.1 Å². The number of aromatic nitrogens is 2. The first kappa shape index (κ1) is 26.0. The molecular formula is C18H17F6N5O3S2. The number of anilines is 2. The van der Waals surface area contributed by atoms with Gasteiger partial charge in [-0.15, -0.1) is 16.1 Å². The molecule has 0 amide bonds. The third kappa shape index (κ3) is 4.52. The van der Waals surface area contributed by atoms with Gasteiger partial charge in [-0.1, -0.05) is 29.4 Å². The number of rotatable bonds is 4. The standard InChI is InChI=1S/C18H17F6N5O3S2/c1-2-3-13-10-28(34(31,32)15-27-26-14(25)33-15)8-9-29(13)12-6-4-11(5-7-12)16(30,17(19,20)21)18(22,23)24/h4-7,13,30H,8-10H2,1H3,(H2,25,26)/t13-/m0/s1. The molecule has 34 heavy (non-hydrogen) atoms. The highest BCUT2D eigenvalue weighted by Crippen LogP contribution is 2.50. The van der Waals surface area contributed by atoms with Crippen molar-refractivity contribution < 1.29 is 39.9 Å². The summed E-state index contributed by atoms with van der Waals surface area (Å²) in [5, 5.41) is 16.5. The number of hydrogen-bond donors (Lipinski definition) is 2. The van der Waals surface area contributed by atoms with Crippen LogP contribution in [-0.2, 0) is 15.6 Å². The molecule has 3 N–H and O–H groups in total. The fourth-order valence-electron chi connectivity index (χ4n) is 3.39. The Morgan fingerprint density at radius 3 is 2.15 bits per heavy atom. The summed E-state index contributed by atoms with van der Waals surface area (Å²) < 4.78 is 105. The average molecular weight is 529 g/mol. The molecule has 1 aromatic heterocycles. The van der Waals surface area contributed by atoms with Crippen molar-refractivity contribution >= 4 is 32.2 Å². The van der Waals surface area contributed by atoms with Crippen molar-refractivity contribution in [3.63, 3.8) is 0 Å². The first-order valence-electron chi connectivity index (χ1n) is 9.37. The average Bonchev–Trinajstić information content (AvgIpc) is 3.19. The lowest BCUT2D eigenvalue weighted by Crippen LogP contribution is -2.54. The number of benzene rings is 1. The number of piperazine rings is 1. The normalized spacial score (nSPS) is 18.5. The van der Waals surface area contributed by atoms with Crippen LogP contribution < -0.4 is 10.6 Å². The van der Waals surface area contributed by atoms with Crippen molar-refractivity contribution in [2.45, 2.75) is 35.3 Å². The van der Waals surface area contributed by atoms with Crippen LogP contribution in [0.15, 0.2) is 28.6 Å². The molecule has 1 aliphatic rings. The van der Waals surface area contributed by atoms with Gasteiger partial charge in [-0.3, -0.25) is 0 Å². The highest BCUT2D eigenvalue weighted by molar-refractivity contribution is 7.91. The predicted octanol–water partition coefficient (Wildman–Crippen LogP) is 2.34. The van der Waals surface area contributed by atoms with Crippen LogP contribution in [0.25, 0.3) is 0 Å². The van der Waals surface area contributed by atoms with E-state index in [1.165, 1.54) is 6.92 Å². The fraction of sp³-hybridized carbons (Fsp3) is 0.444. The molecule has 0 spiro atoms. The summed E-state index contributed by atoms with van der Waals surface area (Å²) in [6, 6.07) is 2.25. The zero-order valence-corrected chi connectivity index (χ0v) is 18.9. The van der Waals surface area contributed by atoms with Crippen LogP contribution in [0.4, 0.5) is 37.2 Å². The van der Waals surface area contributed by atoms with Gasteiger partial charge in [0, 0.05) is 30.9 Å². The first-order chi connectivity index (χ1) is 15.6. The number of sulfonamides is 1. The van der Waals surface area contributed by atoms with E-state index in [1.807, 2.05) is 0 Å². The summed E-state index contributed by atoms with van der Waals surface area (Å²) >= 11 is 0.677. The van der Waals surface area contributed by atoms with Crippen LogP contribution in [0.3, 0.4) is 0 Å². The largest absolute Gasteiger partial charge is 0.430 e. The smallest absolute Gasteiger partial charge is 0.374 e. The van der Waals surface area contributed by atoms with Gasteiger partial charge in [0.15, 0.2) is 0 Å². The van der Waals surface area contributed by atoms with Crippen molar-refractivity contribution in [1.82, 2.24) is 14.5 Å². The van der Waals surface area contributed by atoms with Gasteiger partial charge in [0.2, 0.25) is 9.47 Å². The Kier molecular flexibility index (Phi) is 6.79. The molecule has 0 bridgehead atoms. The predicted molar refractivity (Wildman–Crippen MR) is 110 cm³/mol. The summed E-state index contributed by atoms with van der Waals surface area (Å²) in [7, 11) is -4.04. The van der Waals surface area contributed by atoms with Crippen molar-refractivity contribution in [3.05, 3.63) is 29.8 Å². The van der Waals surface area contributed by atoms with E-state index in [0.717, 1.165) is 16.4 Å². The number of hydrogen-bond acceptors (Lipinski definition) is 8. The highest BCUT2D eigenvalue weighted by atomic mass is 32.2. The van der Waals surface area contributed by atoms with E-state index in [2.05, 4.69) is 22.0 Å². The molecule has 1 atom stereocenters. The van der Waals surface area contributed by atoms with Gasteiger partial charge < -0.3 is 15.7 Å². The Labute approximate surface area is 194 Å². The second kappa shape index (κ2) is 8.87. The maximum atomic E-state index is 13.1. The summed E-state index contributed by atoms with van der Waals surface area (Å²) in [6.45, 7) is 1.29. The molecule has 0 unspecified atom stereocenters. The lowest BCUT2D eigenvalue weighted by Gasteiger charge is -2.39.